The van der Waals surface area contributed by atoms with Crippen molar-refractivity contribution >= 4 is 27.3 Å². The van der Waals surface area contributed by atoms with E-state index in [9.17, 15) is 13.2 Å². The van der Waals surface area contributed by atoms with Crippen LogP contribution >= 0.6 is 11.6 Å². The quantitative estimate of drug-likeness (QED) is 0.748. The summed E-state index contributed by atoms with van der Waals surface area (Å²) in [5.74, 6) is 0.340. The van der Waals surface area contributed by atoms with Crippen molar-refractivity contribution in [1.82, 2.24) is 9.88 Å². The third kappa shape index (κ3) is 3.01. The summed E-state index contributed by atoms with van der Waals surface area (Å²) in [5, 5.41) is 0.337. The zero-order chi connectivity index (χ0) is 18.6. The first-order valence-corrected chi connectivity index (χ1v) is 10.8. The van der Waals surface area contributed by atoms with Crippen molar-refractivity contribution in [1.29, 1.82) is 0 Å². The van der Waals surface area contributed by atoms with Crippen LogP contribution in [0, 0.1) is 5.92 Å². The fourth-order valence-electron chi connectivity index (χ4n) is 3.64. The van der Waals surface area contributed by atoms with E-state index in [1.165, 1.54) is 0 Å². The van der Waals surface area contributed by atoms with Gasteiger partial charge in [0.05, 0.1) is 10.5 Å². The van der Waals surface area contributed by atoms with E-state index in [0.717, 1.165) is 35.8 Å². The molecule has 2 aromatic rings. The second-order valence-corrected chi connectivity index (χ2v) is 9.53. The Morgan fingerprint density at radius 3 is 2.58 bits per heavy atom. The van der Waals surface area contributed by atoms with Gasteiger partial charge < -0.3 is 4.90 Å². The first-order chi connectivity index (χ1) is 12.3. The van der Waals surface area contributed by atoms with Gasteiger partial charge in [0.2, 0.25) is 0 Å². The molecule has 7 heteroatoms. The molecule has 0 bridgehead atoms. The van der Waals surface area contributed by atoms with E-state index < -0.39 is 9.84 Å². The molecule has 1 amide bonds. The number of amides is 1. The maximum absolute atomic E-state index is 13.0. The lowest BCUT2D eigenvalue weighted by Crippen LogP contribution is -2.35. The molecule has 1 saturated carbocycles. The van der Waals surface area contributed by atoms with Crippen molar-refractivity contribution in [2.45, 2.75) is 37.2 Å². The van der Waals surface area contributed by atoms with Gasteiger partial charge in [0.25, 0.3) is 5.91 Å². The molecule has 0 unspecified atom stereocenters. The minimum Gasteiger partial charge on any atom is -0.331 e. The third-order valence-electron chi connectivity index (χ3n) is 5.25. The van der Waals surface area contributed by atoms with Crippen LogP contribution in [-0.2, 0) is 16.4 Å². The minimum absolute atomic E-state index is 0.0911. The summed E-state index contributed by atoms with van der Waals surface area (Å²) < 4.78 is 24.8. The molecule has 1 fully saturated rings. The molecule has 1 aromatic heterocycles. The number of hydrogen-bond donors (Lipinski definition) is 0. The SMILES string of the molecule is C[C@@H](C1CC1)N1Cc2cc(-c3ccnc(Cl)c3)cc(S(C)(=O)=O)c2C1=O. The number of sulfone groups is 1. The van der Waals surface area contributed by atoms with Crippen molar-refractivity contribution in [3.63, 3.8) is 0 Å². The topological polar surface area (TPSA) is 67.3 Å². The molecule has 1 aliphatic carbocycles. The van der Waals surface area contributed by atoms with Gasteiger partial charge in [0, 0.05) is 25.0 Å². The summed E-state index contributed by atoms with van der Waals surface area (Å²) in [6, 6.07) is 7.06. The van der Waals surface area contributed by atoms with Gasteiger partial charge >= 0.3 is 0 Å². The predicted octanol–water partition coefficient (Wildman–Crippen LogP) is 3.56. The normalized spacial score (nSPS) is 18.1. The molecule has 26 heavy (non-hydrogen) atoms. The monoisotopic (exact) mass is 390 g/mol. The standard InChI is InChI=1S/C19H19ClN2O3S/c1-11(12-3-4-12)22-10-15-7-14(13-5-6-21-17(20)9-13)8-16(26(2,24)25)18(15)19(22)23/h5-9,11-12H,3-4,10H2,1-2H3/t11-/m0/s1. The molecule has 0 N–H and O–H groups in total. The van der Waals surface area contributed by atoms with E-state index in [0.29, 0.717) is 23.2 Å². The zero-order valence-corrected chi connectivity index (χ0v) is 16.1. The molecule has 1 atom stereocenters. The average Bonchev–Trinajstić information content (AvgIpc) is 3.37. The number of fused-ring (bicyclic) bond motifs is 1. The Hall–Kier alpha value is -1.92. The number of carbonyl (C=O) groups excluding carboxylic acids is 1. The number of carbonyl (C=O) groups is 1. The number of aromatic nitrogens is 1. The molecule has 5 nitrogen and oxygen atoms in total. The highest BCUT2D eigenvalue weighted by atomic mass is 35.5. The highest BCUT2D eigenvalue weighted by Gasteiger charge is 2.40. The van der Waals surface area contributed by atoms with E-state index >= 15 is 0 Å². The lowest BCUT2D eigenvalue weighted by atomic mass is 10.0. The lowest BCUT2D eigenvalue weighted by molar-refractivity contribution is 0.0694. The van der Waals surface area contributed by atoms with Crippen molar-refractivity contribution in [3.05, 3.63) is 46.7 Å². The highest BCUT2D eigenvalue weighted by molar-refractivity contribution is 7.90. The summed E-state index contributed by atoms with van der Waals surface area (Å²) in [6.07, 6.45) is 4.98. The summed E-state index contributed by atoms with van der Waals surface area (Å²) in [4.78, 5) is 18.8. The molecule has 1 aromatic carbocycles. The first kappa shape index (κ1) is 17.5. The van der Waals surface area contributed by atoms with E-state index in [4.69, 9.17) is 11.6 Å². The molecule has 2 heterocycles. The average molecular weight is 391 g/mol. The number of benzene rings is 1. The Morgan fingerprint density at radius 1 is 1.23 bits per heavy atom. The molecule has 0 saturated heterocycles. The molecule has 136 valence electrons. The van der Waals surface area contributed by atoms with Crippen LogP contribution in [0.25, 0.3) is 11.1 Å². The maximum Gasteiger partial charge on any atom is 0.256 e. The fourth-order valence-corrected chi connectivity index (χ4v) is 4.75. The van der Waals surface area contributed by atoms with Crippen LogP contribution in [0.2, 0.25) is 5.15 Å². The van der Waals surface area contributed by atoms with Crippen LogP contribution in [0.3, 0.4) is 0 Å². The van der Waals surface area contributed by atoms with Gasteiger partial charge in [0.1, 0.15) is 5.15 Å². The van der Waals surface area contributed by atoms with Gasteiger partial charge in [0.15, 0.2) is 9.84 Å². The number of halogens is 1. The van der Waals surface area contributed by atoms with Gasteiger partial charge in [-0.1, -0.05) is 11.6 Å². The Balaban J connectivity index is 1.86. The second kappa shape index (κ2) is 6.06. The fraction of sp³-hybridized carbons (Fsp3) is 0.368. The Bertz CT molecular complexity index is 1020. The summed E-state index contributed by atoms with van der Waals surface area (Å²) in [6.45, 7) is 2.49. The predicted molar refractivity (Wildman–Crippen MR) is 99.9 cm³/mol. The van der Waals surface area contributed by atoms with E-state index in [-0.39, 0.29) is 16.8 Å². The Morgan fingerprint density at radius 2 is 1.96 bits per heavy atom. The second-order valence-electron chi connectivity index (χ2n) is 7.16. The number of rotatable bonds is 4. The van der Waals surface area contributed by atoms with Gasteiger partial charge in [-0.25, -0.2) is 13.4 Å². The number of nitrogens with zero attached hydrogens (tertiary/aromatic N) is 2. The van der Waals surface area contributed by atoms with Gasteiger partial charge in [-0.3, -0.25) is 4.79 Å². The zero-order valence-electron chi connectivity index (χ0n) is 14.6. The van der Waals surface area contributed by atoms with Crippen molar-refractivity contribution in [3.8, 4) is 11.1 Å². The van der Waals surface area contributed by atoms with Crippen LogP contribution in [0.4, 0.5) is 0 Å². The third-order valence-corrected chi connectivity index (χ3v) is 6.58. The van der Waals surface area contributed by atoms with Crippen LogP contribution < -0.4 is 0 Å². The van der Waals surface area contributed by atoms with Gasteiger partial charge in [-0.05, 0) is 66.6 Å². The summed E-state index contributed by atoms with van der Waals surface area (Å²) in [5.41, 5.74) is 2.58. The summed E-state index contributed by atoms with van der Waals surface area (Å²) in [7, 11) is -3.55. The molecular weight excluding hydrogens is 372 g/mol. The largest absolute Gasteiger partial charge is 0.331 e. The van der Waals surface area contributed by atoms with Crippen molar-refractivity contribution < 1.29 is 13.2 Å². The van der Waals surface area contributed by atoms with E-state index in [2.05, 4.69) is 4.98 Å². The molecule has 0 radical (unpaired) electrons. The van der Waals surface area contributed by atoms with Gasteiger partial charge in [-0.2, -0.15) is 0 Å². The first-order valence-electron chi connectivity index (χ1n) is 8.55. The number of pyridine rings is 1. The molecule has 1 aliphatic heterocycles. The maximum atomic E-state index is 13.0. The van der Waals surface area contributed by atoms with Crippen molar-refractivity contribution in [2.75, 3.05) is 6.26 Å². The van der Waals surface area contributed by atoms with Crippen LogP contribution in [-0.4, -0.2) is 36.5 Å². The smallest absolute Gasteiger partial charge is 0.256 e. The molecule has 4 rings (SSSR count). The van der Waals surface area contributed by atoms with Crippen LogP contribution in [0.5, 0.6) is 0 Å². The van der Waals surface area contributed by atoms with Crippen LogP contribution in [0.15, 0.2) is 35.4 Å². The Labute approximate surface area is 157 Å². The molecular formula is C19H19ClN2O3S. The van der Waals surface area contributed by atoms with E-state index in [1.807, 2.05) is 13.0 Å². The van der Waals surface area contributed by atoms with Crippen LogP contribution in [0.1, 0.15) is 35.7 Å². The van der Waals surface area contributed by atoms with E-state index in [1.54, 1.807) is 29.3 Å². The highest BCUT2D eigenvalue weighted by Crippen LogP contribution is 2.40. The minimum atomic E-state index is -3.55. The van der Waals surface area contributed by atoms with Gasteiger partial charge in [-0.15, -0.1) is 0 Å². The summed E-state index contributed by atoms with van der Waals surface area (Å²) >= 11 is 5.98. The molecule has 0 spiro atoms. The van der Waals surface area contributed by atoms with Crippen molar-refractivity contribution in [2.24, 2.45) is 5.92 Å². The Kier molecular flexibility index (Phi) is 4.08. The number of hydrogen-bond acceptors (Lipinski definition) is 4. The molecule has 2 aliphatic rings. The lowest BCUT2D eigenvalue weighted by Gasteiger charge is -2.24.